The van der Waals surface area contributed by atoms with Gasteiger partial charge in [-0.2, -0.15) is 0 Å². The zero-order valence-electron chi connectivity index (χ0n) is 20.8. The molecule has 4 aromatic rings. The summed E-state index contributed by atoms with van der Waals surface area (Å²) >= 11 is 0. The van der Waals surface area contributed by atoms with Crippen LogP contribution in [-0.2, 0) is 0 Å². The quantitative estimate of drug-likeness (QED) is 0.275. The van der Waals surface area contributed by atoms with Crippen molar-refractivity contribution in [2.75, 3.05) is 13.7 Å². The van der Waals surface area contributed by atoms with Crippen LogP contribution in [0.2, 0.25) is 0 Å². The van der Waals surface area contributed by atoms with Gasteiger partial charge < -0.3 is 9.64 Å². The van der Waals surface area contributed by atoms with E-state index < -0.39 is 11.9 Å². The molecule has 7 heteroatoms. The highest BCUT2D eigenvalue weighted by Gasteiger charge is 2.27. The van der Waals surface area contributed by atoms with E-state index in [1.165, 1.54) is 18.2 Å². The third kappa shape index (κ3) is 5.15. The number of nitrogens with zero attached hydrogens (tertiary/aromatic N) is 3. The molecule has 4 rings (SSSR count). The van der Waals surface area contributed by atoms with Gasteiger partial charge in [-0.05, 0) is 67.9 Å². The number of hydrogen-bond donors (Lipinski definition) is 0. The number of hydrogen-bond acceptors (Lipinski definition) is 4. The molecule has 0 fully saturated rings. The predicted octanol–water partition coefficient (Wildman–Crippen LogP) is 5.93. The molecule has 1 amide bonds. The number of rotatable bonds is 9. The number of halogens is 1. The Morgan fingerprint density at radius 1 is 1.06 bits per heavy atom. The van der Waals surface area contributed by atoms with Crippen LogP contribution in [0.3, 0.4) is 0 Å². The van der Waals surface area contributed by atoms with Crippen LogP contribution in [0.1, 0.15) is 55.3 Å². The van der Waals surface area contributed by atoms with Gasteiger partial charge in [0.05, 0.1) is 29.7 Å². The first kappa shape index (κ1) is 25.1. The fourth-order valence-electron chi connectivity index (χ4n) is 4.34. The Kier molecular flexibility index (Phi) is 7.78. The Morgan fingerprint density at radius 3 is 2.50 bits per heavy atom. The van der Waals surface area contributed by atoms with Crippen molar-refractivity contribution >= 4 is 16.8 Å². The second kappa shape index (κ2) is 11.2. The van der Waals surface area contributed by atoms with Crippen molar-refractivity contribution in [2.24, 2.45) is 0 Å². The third-order valence-corrected chi connectivity index (χ3v) is 6.31. The summed E-state index contributed by atoms with van der Waals surface area (Å²) in [7, 11) is 1.58. The molecule has 0 saturated carbocycles. The maximum Gasteiger partial charge on any atom is 0.266 e. The van der Waals surface area contributed by atoms with Gasteiger partial charge in [-0.15, -0.1) is 0 Å². The van der Waals surface area contributed by atoms with Gasteiger partial charge in [0.25, 0.3) is 11.5 Å². The summed E-state index contributed by atoms with van der Waals surface area (Å²) in [5.41, 5.74) is 1.21. The molecule has 0 N–H and O–H groups in total. The SMILES string of the molecule is CCCCCN(C(=O)c1cccc(F)c1)C(C)c1nc2ccccc2c(=O)n1-c1ccc(OC)cc1. The molecular formula is C29H30FN3O3. The minimum Gasteiger partial charge on any atom is -0.497 e. The van der Waals surface area contributed by atoms with Crippen LogP contribution in [0.5, 0.6) is 5.75 Å². The molecule has 186 valence electrons. The van der Waals surface area contributed by atoms with Crippen LogP contribution in [0.25, 0.3) is 16.6 Å². The summed E-state index contributed by atoms with van der Waals surface area (Å²) < 4.78 is 20.8. The Bertz CT molecular complexity index is 1420. The number of carbonyl (C=O) groups is 1. The van der Waals surface area contributed by atoms with Crippen molar-refractivity contribution in [3.05, 3.63) is 100 Å². The van der Waals surface area contributed by atoms with Gasteiger partial charge in [0.2, 0.25) is 0 Å². The number of carbonyl (C=O) groups excluding carboxylic acids is 1. The van der Waals surface area contributed by atoms with Gasteiger partial charge >= 0.3 is 0 Å². The van der Waals surface area contributed by atoms with Crippen LogP contribution in [0.4, 0.5) is 4.39 Å². The number of para-hydroxylation sites is 1. The van der Waals surface area contributed by atoms with Gasteiger partial charge in [0.1, 0.15) is 17.4 Å². The predicted molar refractivity (Wildman–Crippen MR) is 139 cm³/mol. The number of amides is 1. The fraction of sp³-hybridized carbons (Fsp3) is 0.276. The van der Waals surface area contributed by atoms with Gasteiger partial charge in [-0.25, -0.2) is 9.37 Å². The minimum absolute atomic E-state index is 0.223. The summed E-state index contributed by atoms with van der Waals surface area (Å²) in [5, 5.41) is 0.484. The Balaban J connectivity index is 1.87. The van der Waals surface area contributed by atoms with Crippen molar-refractivity contribution in [3.8, 4) is 11.4 Å². The van der Waals surface area contributed by atoms with Crippen molar-refractivity contribution < 1.29 is 13.9 Å². The maximum atomic E-state index is 14.0. The fourth-order valence-corrected chi connectivity index (χ4v) is 4.34. The maximum absolute atomic E-state index is 14.0. The van der Waals surface area contributed by atoms with Crippen molar-refractivity contribution in [1.82, 2.24) is 14.5 Å². The number of aromatic nitrogens is 2. The molecule has 1 heterocycles. The lowest BCUT2D eigenvalue weighted by molar-refractivity contribution is 0.0676. The monoisotopic (exact) mass is 487 g/mol. The van der Waals surface area contributed by atoms with E-state index in [1.807, 2.05) is 13.0 Å². The van der Waals surface area contributed by atoms with E-state index in [-0.39, 0.29) is 17.0 Å². The van der Waals surface area contributed by atoms with Crippen LogP contribution in [0, 0.1) is 5.82 Å². The van der Waals surface area contributed by atoms with Crippen LogP contribution < -0.4 is 10.3 Å². The van der Waals surface area contributed by atoms with E-state index in [2.05, 4.69) is 6.92 Å². The molecule has 0 aliphatic heterocycles. The van der Waals surface area contributed by atoms with Gasteiger partial charge in [0, 0.05) is 12.1 Å². The lowest BCUT2D eigenvalue weighted by Crippen LogP contribution is -2.38. The van der Waals surface area contributed by atoms with E-state index >= 15 is 0 Å². The molecule has 1 aromatic heterocycles. The van der Waals surface area contributed by atoms with E-state index in [0.717, 1.165) is 19.3 Å². The second-order valence-electron chi connectivity index (χ2n) is 8.72. The average molecular weight is 488 g/mol. The molecule has 0 bridgehead atoms. The largest absolute Gasteiger partial charge is 0.497 e. The number of fused-ring (bicyclic) bond motifs is 1. The first-order valence-electron chi connectivity index (χ1n) is 12.2. The first-order chi connectivity index (χ1) is 17.4. The highest BCUT2D eigenvalue weighted by Crippen LogP contribution is 2.26. The second-order valence-corrected chi connectivity index (χ2v) is 8.72. The summed E-state index contributed by atoms with van der Waals surface area (Å²) in [6, 6.07) is 19.5. The molecule has 1 atom stereocenters. The van der Waals surface area contributed by atoms with E-state index in [9.17, 15) is 14.0 Å². The molecule has 36 heavy (non-hydrogen) atoms. The van der Waals surface area contributed by atoms with Crippen molar-refractivity contribution in [1.29, 1.82) is 0 Å². The summed E-state index contributed by atoms with van der Waals surface area (Å²) in [4.78, 5) is 33.9. The third-order valence-electron chi connectivity index (χ3n) is 6.31. The summed E-state index contributed by atoms with van der Waals surface area (Å²) in [6.45, 7) is 4.41. The van der Waals surface area contributed by atoms with E-state index in [1.54, 1.807) is 65.1 Å². The van der Waals surface area contributed by atoms with Gasteiger partial charge in [-0.1, -0.05) is 38.0 Å². The molecule has 0 saturated heterocycles. The van der Waals surface area contributed by atoms with Crippen molar-refractivity contribution in [2.45, 2.75) is 39.2 Å². The molecule has 0 spiro atoms. The lowest BCUT2D eigenvalue weighted by atomic mass is 10.1. The number of unbranched alkanes of at least 4 members (excludes halogenated alkanes) is 2. The number of methoxy groups -OCH3 is 1. The smallest absolute Gasteiger partial charge is 0.266 e. The number of benzene rings is 3. The van der Waals surface area contributed by atoms with Crippen LogP contribution in [0.15, 0.2) is 77.6 Å². The molecule has 0 radical (unpaired) electrons. The Hall–Kier alpha value is -4.00. The van der Waals surface area contributed by atoms with Crippen LogP contribution in [-0.4, -0.2) is 34.0 Å². The standard InChI is InChI=1S/C29H30FN3O3/c1-4-5-8-18-32(28(34)21-10-9-11-22(30)19-21)20(2)27-31-26-13-7-6-12-25(26)29(35)33(27)23-14-16-24(36-3)17-15-23/h6-7,9-17,19-20H,4-5,8,18H2,1-3H3. The van der Waals surface area contributed by atoms with Gasteiger partial charge in [0.15, 0.2) is 0 Å². The van der Waals surface area contributed by atoms with Crippen molar-refractivity contribution in [3.63, 3.8) is 0 Å². The molecule has 0 aliphatic rings. The van der Waals surface area contributed by atoms with Crippen LogP contribution >= 0.6 is 0 Å². The highest BCUT2D eigenvalue weighted by atomic mass is 19.1. The number of ether oxygens (including phenoxy) is 1. The van der Waals surface area contributed by atoms with Gasteiger partial charge in [-0.3, -0.25) is 14.2 Å². The zero-order valence-corrected chi connectivity index (χ0v) is 20.8. The zero-order chi connectivity index (χ0) is 25.7. The minimum atomic E-state index is -0.558. The molecule has 3 aromatic carbocycles. The highest BCUT2D eigenvalue weighted by molar-refractivity contribution is 5.94. The van der Waals surface area contributed by atoms with E-state index in [4.69, 9.17) is 9.72 Å². The topological polar surface area (TPSA) is 64.4 Å². The Labute approximate surface area is 210 Å². The average Bonchev–Trinajstić information content (AvgIpc) is 2.90. The molecular weight excluding hydrogens is 457 g/mol. The van der Waals surface area contributed by atoms with E-state index in [0.29, 0.717) is 34.7 Å². The molecule has 1 unspecified atom stereocenters. The first-order valence-corrected chi connectivity index (χ1v) is 12.2. The normalized spacial score (nSPS) is 11.9. The molecule has 0 aliphatic carbocycles. The summed E-state index contributed by atoms with van der Waals surface area (Å²) in [5.74, 6) is 0.325. The lowest BCUT2D eigenvalue weighted by Gasteiger charge is -2.31. The summed E-state index contributed by atoms with van der Waals surface area (Å²) in [6.07, 6.45) is 2.71. The Morgan fingerprint density at radius 2 is 1.81 bits per heavy atom. The molecule has 6 nitrogen and oxygen atoms in total.